The van der Waals surface area contributed by atoms with Crippen LogP contribution >= 0.6 is 0 Å². The number of likely N-dealkylation sites (tertiary alicyclic amines) is 1. The molecule has 1 heterocycles. The third-order valence-electron chi connectivity index (χ3n) is 3.71. The maximum atomic E-state index is 12.3. The van der Waals surface area contributed by atoms with Crippen LogP contribution in [-0.2, 0) is 0 Å². The number of Topliss-reactive ketones (excluding diaryl/α,β-unsaturated/α-hetero) is 1. The molecular weight excluding hydrogens is 252 g/mol. The minimum absolute atomic E-state index is 0.000190. The van der Waals surface area contributed by atoms with Crippen molar-refractivity contribution in [2.24, 2.45) is 5.41 Å². The van der Waals surface area contributed by atoms with Crippen LogP contribution in [0, 0.1) is 5.41 Å². The predicted octanol–water partition coefficient (Wildman–Crippen LogP) is 3.54. The second kappa shape index (κ2) is 5.65. The van der Waals surface area contributed by atoms with E-state index in [0.29, 0.717) is 11.3 Å². The maximum Gasteiger partial charge on any atom is 0.321 e. The number of urea groups is 1. The Morgan fingerprint density at radius 3 is 2.70 bits per heavy atom. The highest BCUT2D eigenvalue weighted by molar-refractivity contribution is 5.96. The van der Waals surface area contributed by atoms with Crippen molar-refractivity contribution >= 4 is 17.5 Å². The van der Waals surface area contributed by atoms with Gasteiger partial charge in [0.05, 0.1) is 0 Å². The van der Waals surface area contributed by atoms with Gasteiger partial charge in [0.2, 0.25) is 0 Å². The zero-order chi connectivity index (χ0) is 14.8. The second-order valence-electron chi connectivity index (χ2n) is 6.26. The molecule has 4 heteroatoms. The van der Waals surface area contributed by atoms with Crippen molar-refractivity contribution in [3.05, 3.63) is 29.8 Å². The van der Waals surface area contributed by atoms with E-state index in [9.17, 15) is 9.59 Å². The van der Waals surface area contributed by atoms with Gasteiger partial charge in [0.15, 0.2) is 5.78 Å². The highest BCUT2D eigenvalue weighted by atomic mass is 16.2. The van der Waals surface area contributed by atoms with Gasteiger partial charge in [-0.25, -0.2) is 4.79 Å². The van der Waals surface area contributed by atoms with Crippen LogP contribution in [0.3, 0.4) is 0 Å². The topological polar surface area (TPSA) is 49.4 Å². The Morgan fingerprint density at radius 1 is 1.30 bits per heavy atom. The molecule has 20 heavy (non-hydrogen) atoms. The molecule has 1 N–H and O–H groups in total. The van der Waals surface area contributed by atoms with Crippen molar-refractivity contribution in [1.82, 2.24) is 4.90 Å². The largest absolute Gasteiger partial charge is 0.324 e. The monoisotopic (exact) mass is 274 g/mol. The first-order valence-electron chi connectivity index (χ1n) is 7.04. The summed E-state index contributed by atoms with van der Waals surface area (Å²) in [5.74, 6) is 0.000190. The summed E-state index contributed by atoms with van der Waals surface area (Å²) in [6.45, 7) is 7.45. The summed E-state index contributed by atoms with van der Waals surface area (Å²) in [5.41, 5.74) is 1.46. The van der Waals surface area contributed by atoms with Crippen molar-refractivity contribution in [3.8, 4) is 0 Å². The van der Waals surface area contributed by atoms with Crippen LogP contribution in [-0.4, -0.2) is 29.8 Å². The van der Waals surface area contributed by atoms with E-state index in [1.54, 1.807) is 24.3 Å². The lowest BCUT2D eigenvalue weighted by Gasteiger charge is -2.37. The third kappa shape index (κ3) is 3.59. The molecule has 1 aromatic carbocycles. The van der Waals surface area contributed by atoms with Crippen LogP contribution in [0.25, 0.3) is 0 Å². The van der Waals surface area contributed by atoms with E-state index >= 15 is 0 Å². The van der Waals surface area contributed by atoms with Gasteiger partial charge >= 0.3 is 6.03 Å². The first kappa shape index (κ1) is 14.6. The van der Waals surface area contributed by atoms with E-state index in [-0.39, 0.29) is 17.2 Å². The summed E-state index contributed by atoms with van der Waals surface area (Å²) < 4.78 is 0. The van der Waals surface area contributed by atoms with Gasteiger partial charge in [-0.1, -0.05) is 26.0 Å². The number of nitrogens with zero attached hydrogens (tertiary/aromatic N) is 1. The number of piperidine rings is 1. The number of nitrogens with one attached hydrogen (secondary N) is 1. The fourth-order valence-electron chi connectivity index (χ4n) is 2.62. The van der Waals surface area contributed by atoms with Crippen LogP contribution in [0.4, 0.5) is 10.5 Å². The smallest absolute Gasteiger partial charge is 0.321 e. The molecule has 2 amide bonds. The summed E-state index contributed by atoms with van der Waals surface area (Å²) in [7, 11) is 0. The Bertz CT molecular complexity index is 523. The number of ketones is 1. The summed E-state index contributed by atoms with van der Waals surface area (Å²) in [6.07, 6.45) is 2.19. The first-order valence-corrected chi connectivity index (χ1v) is 7.04. The second-order valence-corrected chi connectivity index (χ2v) is 6.26. The summed E-state index contributed by atoms with van der Waals surface area (Å²) in [6, 6.07) is 6.97. The number of hydrogen-bond acceptors (Lipinski definition) is 2. The van der Waals surface area contributed by atoms with Crippen LogP contribution < -0.4 is 5.32 Å². The first-order chi connectivity index (χ1) is 9.37. The molecule has 0 atom stereocenters. The number of carbonyl (C=O) groups excluding carboxylic acids is 2. The molecule has 0 saturated carbocycles. The standard InChI is InChI=1S/C16H22N2O2/c1-12(19)13-6-4-7-14(10-13)17-15(20)18-9-5-8-16(2,3)11-18/h4,6-7,10H,5,8-9,11H2,1-3H3,(H,17,20). The van der Waals surface area contributed by atoms with Crippen molar-refractivity contribution in [1.29, 1.82) is 0 Å². The Morgan fingerprint density at radius 2 is 2.05 bits per heavy atom. The van der Waals surface area contributed by atoms with E-state index in [0.717, 1.165) is 25.9 Å². The van der Waals surface area contributed by atoms with E-state index in [2.05, 4.69) is 19.2 Å². The fourth-order valence-corrected chi connectivity index (χ4v) is 2.62. The van der Waals surface area contributed by atoms with Crippen LogP contribution in [0.15, 0.2) is 24.3 Å². The quantitative estimate of drug-likeness (QED) is 0.838. The van der Waals surface area contributed by atoms with Crippen LogP contribution in [0.5, 0.6) is 0 Å². The van der Waals surface area contributed by atoms with Gasteiger partial charge in [-0.05, 0) is 37.3 Å². The molecule has 1 fully saturated rings. The molecule has 1 saturated heterocycles. The zero-order valence-electron chi connectivity index (χ0n) is 12.4. The Kier molecular flexibility index (Phi) is 4.12. The molecule has 0 spiro atoms. The predicted molar refractivity (Wildman–Crippen MR) is 80.1 cm³/mol. The lowest BCUT2D eigenvalue weighted by Crippen LogP contribution is -2.45. The van der Waals surface area contributed by atoms with Crippen LogP contribution in [0.2, 0.25) is 0 Å². The van der Waals surface area contributed by atoms with E-state index in [1.807, 2.05) is 4.90 Å². The Balaban J connectivity index is 2.04. The molecule has 0 aromatic heterocycles. The Hall–Kier alpha value is -1.84. The zero-order valence-corrected chi connectivity index (χ0v) is 12.4. The molecule has 108 valence electrons. The van der Waals surface area contributed by atoms with Gasteiger partial charge in [-0.15, -0.1) is 0 Å². The lowest BCUT2D eigenvalue weighted by molar-refractivity contribution is 0.101. The van der Waals surface area contributed by atoms with Crippen molar-refractivity contribution in [2.75, 3.05) is 18.4 Å². The summed E-state index contributed by atoms with van der Waals surface area (Å²) in [4.78, 5) is 25.5. The van der Waals surface area contributed by atoms with E-state index < -0.39 is 0 Å². The number of anilines is 1. The Labute approximate surface area is 120 Å². The van der Waals surface area contributed by atoms with Gasteiger partial charge in [0, 0.05) is 24.3 Å². The maximum absolute atomic E-state index is 12.3. The van der Waals surface area contributed by atoms with Crippen molar-refractivity contribution in [2.45, 2.75) is 33.6 Å². The van der Waals surface area contributed by atoms with E-state index in [1.165, 1.54) is 6.92 Å². The molecule has 0 bridgehead atoms. The van der Waals surface area contributed by atoms with Crippen molar-refractivity contribution < 1.29 is 9.59 Å². The number of rotatable bonds is 2. The molecule has 0 unspecified atom stereocenters. The van der Waals surface area contributed by atoms with Gasteiger partial charge in [-0.3, -0.25) is 4.79 Å². The minimum atomic E-state index is -0.0847. The number of carbonyl (C=O) groups is 2. The minimum Gasteiger partial charge on any atom is -0.324 e. The third-order valence-corrected chi connectivity index (χ3v) is 3.71. The highest BCUT2D eigenvalue weighted by Gasteiger charge is 2.29. The normalized spacial score (nSPS) is 17.6. The molecular formula is C16H22N2O2. The van der Waals surface area contributed by atoms with Gasteiger partial charge in [0.1, 0.15) is 0 Å². The average Bonchev–Trinajstić information content (AvgIpc) is 2.37. The average molecular weight is 274 g/mol. The van der Waals surface area contributed by atoms with Gasteiger partial charge in [-0.2, -0.15) is 0 Å². The van der Waals surface area contributed by atoms with E-state index in [4.69, 9.17) is 0 Å². The molecule has 0 aliphatic carbocycles. The fraction of sp³-hybridized carbons (Fsp3) is 0.500. The van der Waals surface area contributed by atoms with Gasteiger partial charge in [0.25, 0.3) is 0 Å². The molecule has 1 aromatic rings. The van der Waals surface area contributed by atoms with Crippen molar-refractivity contribution in [3.63, 3.8) is 0 Å². The molecule has 1 aliphatic rings. The number of benzene rings is 1. The number of hydrogen-bond donors (Lipinski definition) is 1. The SMILES string of the molecule is CC(=O)c1cccc(NC(=O)N2CCCC(C)(C)C2)c1. The number of amides is 2. The summed E-state index contributed by atoms with van der Waals surface area (Å²) >= 11 is 0. The molecule has 4 nitrogen and oxygen atoms in total. The molecule has 1 aliphatic heterocycles. The molecule has 2 rings (SSSR count). The lowest BCUT2D eigenvalue weighted by atomic mass is 9.84. The van der Waals surface area contributed by atoms with Gasteiger partial charge < -0.3 is 10.2 Å². The highest BCUT2D eigenvalue weighted by Crippen LogP contribution is 2.28. The van der Waals surface area contributed by atoms with Crippen LogP contribution in [0.1, 0.15) is 44.0 Å². The molecule has 0 radical (unpaired) electrons. The summed E-state index contributed by atoms with van der Waals surface area (Å²) in [5, 5.41) is 2.88.